The van der Waals surface area contributed by atoms with E-state index in [2.05, 4.69) is 13.8 Å². The van der Waals surface area contributed by atoms with Gasteiger partial charge in [-0.15, -0.1) is 0 Å². The Bertz CT molecular complexity index is 562. The van der Waals surface area contributed by atoms with Crippen LogP contribution in [0.2, 0.25) is 0 Å². The lowest BCUT2D eigenvalue weighted by Crippen LogP contribution is -2.59. The minimum Gasteiger partial charge on any atom is -0.394 e. The molecule has 2 saturated heterocycles. The summed E-state index contributed by atoms with van der Waals surface area (Å²) in [4.78, 5) is 0. The zero-order valence-corrected chi connectivity index (χ0v) is 21.0. The highest BCUT2D eigenvalue weighted by Gasteiger charge is 2.44. The van der Waals surface area contributed by atoms with Crippen LogP contribution in [-0.2, 0) is 18.9 Å². The molecule has 8 N–H and O–H groups in total. The SMILES string of the molecule is C.CCC/C=C/CO[C@@H]1OC(CO)[C@H](O)[C@H](O)C1O.CCC/C=C/CO[C@H]1OC(CO)[C@H](O)[C@H](O)C1O. The molecule has 0 amide bonds. The molecular formula is C25H48O12. The maximum Gasteiger partial charge on any atom is 0.187 e. The Kier molecular flexibility index (Phi) is 19.4. The molecule has 0 bridgehead atoms. The van der Waals surface area contributed by atoms with Gasteiger partial charge in [-0.05, 0) is 12.8 Å². The van der Waals surface area contributed by atoms with Gasteiger partial charge in [0, 0.05) is 0 Å². The van der Waals surface area contributed by atoms with Crippen molar-refractivity contribution in [2.45, 2.75) is 108 Å². The Labute approximate surface area is 219 Å². The summed E-state index contributed by atoms with van der Waals surface area (Å²) in [5.74, 6) is 0. The topological polar surface area (TPSA) is 199 Å². The lowest BCUT2D eigenvalue weighted by atomic mass is 9.99. The van der Waals surface area contributed by atoms with Crippen LogP contribution in [0.15, 0.2) is 24.3 Å². The molecular weight excluding hydrogens is 492 g/mol. The van der Waals surface area contributed by atoms with Crippen LogP contribution in [0.1, 0.15) is 47.0 Å². The van der Waals surface area contributed by atoms with E-state index in [9.17, 15) is 30.6 Å². The standard InChI is InChI=1S/2C12H22O6.CH4/c2*1-2-3-4-5-6-17-12-11(16)10(15)9(14)8(7-13)18-12;/h2*4-5,8-16H,2-3,6-7H2,1H3;1H4/b2*5-4+;/t8?,9-,10-,11?,12+;8?,9-,10-,11?,12-;/m00./s1. The van der Waals surface area contributed by atoms with Crippen LogP contribution in [0.5, 0.6) is 0 Å². The van der Waals surface area contributed by atoms with Gasteiger partial charge in [0.1, 0.15) is 48.8 Å². The third kappa shape index (κ3) is 11.7. The molecule has 0 aromatic rings. The largest absolute Gasteiger partial charge is 0.394 e. The smallest absolute Gasteiger partial charge is 0.187 e. The van der Waals surface area contributed by atoms with Crippen LogP contribution < -0.4 is 0 Å². The number of aliphatic hydroxyl groups is 8. The van der Waals surface area contributed by atoms with E-state index in [1.807, 2.05) is 12.2 Å². The molecule has 220 valence electrons. The molecule has 0 spiro atoms. The number of hydrogen-bond donors (Lipinski definition) is 8. The number of unbranched alkanes of at least 4 members (excludes halogenated alkanes) is 2. The highest BCUT2D eigenvalue weighted by molar-refractivity contribution is 4.91. The lowest BCUT2D eigenvalue weighted by molar-refractivity contribution is -0.298. The number of aliphatic hydroxyl groups excluding tert-OH is 8. The van der Waals surface area contributed by atoms with E-state index in [1.54, 1.807) is 12.2 Å². The van der Waals surface area contributed by atoms with E-state index >= 15 is 0 Å². The van der Waals surface area contributed by atoms with E-state index in [4.69, 9.17) is 29.2 Å². The van der Waals surface area contributed by atoms with E-state index in [-0.39, 0.29) is 20.6 Å². The fourth-order valence-electron chi connectivity index (χ4n) is 3.42. The lowest BCUT2D eigenvalue weighted by Gasteiger charge is -2.39. The molecule has 12 nitrogen and oxygen atoms in total. The summed E-state index contributed by atoms with van der Waals surface area (Å²) >= 11 is 0. The van der Waals surface area contributed by atoms with Gasteiger partial charge < -0.3 is 59.8 Å². The van der Waals surface area contributed by atoms with Crippen LogP contribution in [0.25, 0.3) is 0 Å². The van der Waals surface area contributed by atoms with Crippen molar-refractivity contribution in [3.8, 4) is 0 Å². The molecule has 2 rings (SSSR count). The van der Waals surface area contributed by atoms with Gasteiger partial charge in [0.05, 0.1) is 26.4 Å². The van der Waals surface area contributed by atoms with Gasteiger partial charge >= 0.3 is 0 Å². The summed E-state index contributed by atoms with van der Waals surface area (Å²) in [6.07, 6.45) is -0.626. The first-order chi connectivity index (χ1) is 17.2. The zero-order valence-electron chi connectivity index (χ0n) is 21.0. The Morgan fingerprint density at radius 1 is 0.568 bits per heavy atom. The number of rotatable bonds is 12. The molecule has 0 radical (unpaired) electrons. The minimum atomic E-state index is -1.39. The Balaban J connectivity index is 0.000000682. The molecule has 12 heteroatoms. The number of allylic oxidation sites excluding steroid dienone is 2. The molecule has 2 aliphatic heterocycles. The van der Waals surface area contributed by atoms with Crippen LogP contribution in [0, 0.1) is 0 Å². The van der Waals surface area contributed by atoms with Gasteiger partial charge in [-0.25, -0.2) is 0 Å². The first-order valence-corrected chi connectivity index (χ1v) is 12.4. The maximum absolute atomic E-state index is 9.66. The summed E-state index contributed by atoms with van der Waals surface area (Å²) < 4.78 is 20.8. The molecule has 10 atom stereocenters. The van der Waals surface area contributed by atoms with Gasteiger partial charge in [-0.3, -0.25) is 0 Å². The maximum atomic E-state index is 9.66. The molecule has 2 heterocycles. The first-order valence-electron chi connectivity index (χ1n) is 12.4. The summed E-state index contributed by atoms with van der Waals surface area (Å²) in [6.45, 7) is 3.70. The first kappa shape index (κ1) is 36.0. The molecule has 2 fully saturated rings. The summed E-state index contributed by atoms with van der Waals surface area (Å²) in [7, 11) is 0. The van der Waals surface area contributed by atoms with Crippen LogP contribution in [-0.4, -0.2) is 129 Å². The monoisotopic (exact) mass is 540 g/mol. The van der Waals surface area contributed by atoms with E-state index in [1.165, 1.54) is 0 Å². The molecule has 4 unspecified atom stereocenters. The zero-order chi connectivity index (χ0) is 27.1. The van der Waals surface area contributed by atoms with Crippen molar-refractivity contribution in [3.05, 3.63) is 24.3 Å². The average Bonchev–Trinajstić information content (AvgIpc) is 2.88. The van der Waals surface area contributed by atoms with E-state index < -0.39 is 74.6 Å². The Hall–Kier alpha value is -1.00. The molecule has 37 heavy (non-hydrogen) atoms. The fraction of sp³-hybridized carbons (Fsp3) is 0.840. The second-order valence-corrected chi connectivity index (χ2v) is 8.58. The highest BCUT2D eigenvalue weighted by Crippen LogP contribution is 2.22. The van der Waals surface area contributed by atoms with E-state index in [0.717, 1.165) is 25.7 Å². The van der Waals surface area contributed by atoms with Gasteiger partial charge in [-0.1, -0.05) is 58.4 Å². The molecule has 0 aliphatic carbocycles. The van der Waals surface area contributed by atoms with Gasteiger partial charge in [0.25, 0.3) is 0 Å². The number of ether oxygens (including phenoxy) is 4. The van der Waals surface area contributed by atoms with Crippen molar-refractivity contribution in [1.29, 1.82) is 0 Å². The Morgan fingerprint density at radius 3 is 1.22 bits per heavy atom. The quantitative estimate of drug-likeness (QED) is 0.140. The third-order valence-electron chi connectivity index (χ3n) is 5.65. The predicted octanol–water partition coefficient (Wildman–Crippen LogP) is -1.05. The third-order valence-corrected chi connectivity index (χ3v) is 5.65. The molecule has 0 saturated carbocycles. The van der Waals surface area contributed by atoms with E-state index in [0.29, 0.717) is 0 Å². The molecule has 2 aliphatic rings. The van der Waals surface area contributed by atoms with Crippen molar-refractivity contribution in [1.82, 2.24) is 0 Å². The predicted molar refractivity (Wildman–Crippen MR) is 134 cm³/mol. The normalized spacial score (nSPS) is 36.3. The fourth-order valence-corrected chi connectivity index (χ4v) is 3.42. The average molecular weight is 541 g/mol. The van der Waals surface area contributed by atoms with Crippen LogP contribution in [0.4, 0.5) is 0 Å². The van der Waals surface area contributed by atoms with Crippen molar-refractivity contribution in [2.24, 2.45) is 0 Å². The highest BCUT2D eigenvalue weighted by atomic mass is 16.7. The van der Waals surface area contributed by atoms with Crippen molar-refractivity contribution in [3.63, 3.8) is 0 Å². The number of hydrogen-bond acceptors (Lipinski definition) is 12. The summed E-state index contributed by atoms with van der Waals surface area (Å²) in [5.41, 5.74) is 0. The molecule has 0 aromatic carbocycles. The molecule has 0 aromatic heterocycles. The van der Waals surface area contributed by atoms with Gasteiger partial charge in [0.2, 0.25) is 0 Å². The van der Waals surface area contributed by atoms with Gasteiger partial charge in [0.15, 0.2) is 12.6 Å². The summed E-state index contributed by atoms with van der Waals surface area (Å²) in [5, 5.41) is 75.4. The van der Waals surface area contributed by atoms with Crippen molar-refractivity contribution in [2.75, 3.05) is 26.4 Å². The van der Waals surface area contributed by atoms with Crippen LogP contribution >= 0.6 is 0 Å². The minimum absolute atomic E-state index is 0. The summed E-state index contributed by atoms with van der Waals surface area (Å²) in [6, 6.07) is 0. The Morgan fingerprint density at radius 2 is 0.919 bits per heavy atom. The second kappa shape index (κ2) is 20.0. The van der Waals surface area contributed by atoms with Crippen molar-refractivity contribution < 1.29 is 59.8 Å². The van der Waals surface area contributed by atoms with Gasteiger partial charge in [-0.2, -0.15) is 0 Å². The van der Waals surface area contributed by atoms with Crippen molar-refractivity contribution >= 4 is 0 Å². The second-order valence-electron chi connectivity index (χ2n) is 8.58. The van der Waals surface area contributed by atoms with Crippen LogP contribution in [0.3, 0.4) is 0 Å².